The van der Waals surface area contributed by atoms with Gasteiger partial charge in [-0.3, -0.25) is 0 Å². The summed E-state index contributed by atoms with van der Waals surface area (Å²) in [6, 6.07) is 0.719. The molecular formula is C10H20N2. The van der Waals surface area contributed by atoms with Crippen molar-refractivity contribution in [2.24, 2.45) is 5.92 Å². The lowest BCUT2D eigenvalue weighted by molar-refractivity contribution is 0.300. The summed E-state index contributed by atoms with van der Waals surface area (Å²) in [4.78, 5) is 0. The van der Waals surface area contributed by atoms with E-state index < -0.39 is 0 Å². The number of hydrogen-bond acceptors (Lipinski definition) is 2. The van der Waals surface area contributed by atoms with Gasteiger partial charge in [0.15, 0.2) is 0 Å². The van der Waals surface area contributed by atoms with Crippen LogP contribution in [0.5, 0.6) is 0 Å². The molecule has 0 aromatic rings. The third-order valence-corrected chi connectivity index (χ3v) is 3.06. The second-order valence-electron chi connectivity index (χ2n) is 4.87. The van der Waals surface area contributed by atoms with Crippen molar-refractivity contribution >= 4 is 0 Å². The third kappa shape index (κ3) is 1.80. The Labute approximate surface area is 75.1 Å². The Morgan fingerprint density at radius 1 is 1.42 bits per heavy atom. The second-order valence-corrected chi connectivity index (χ2v) is 4.87. The predicted octanol–water partition coefficient (Wildman–Crippen LogP) is 1.13. The highest BCUT2D eigenvalue weighted by Gasteiger charge is 2.44. The van der Waals surface area contributed by atoms with Crippen molar-refractivity contribution in [3.05, 3.63) is 0 Å². The summed E-state index contributed by atoms with van der Waals surface area (Å²) in [6.45, 7) is 6.97. The average molecular weight is 168 g/mol. The Hall–Kier alpha value is -0.0800. The topological polar surface area (TPSA) is 24.1 Å². The Morgan fingerprint density at radius 3 is 2.58 bits per heavy atom. The first-order chi connectivity index (χ1) is 5.70. The summed E-state index contributed by atoms with van der Waals surface area (Å²) in [5.41, 5.74) is 0.535. The molecule has 2 rings (SSSR count). The van der Waals surface area contributed by atoms with Crippen LogP contribution >= 0.6 is 0 Å². The van der Waals surface area contributed by atoms with Gasteiger partial charge in [-0.25, -0.2) is 0 Å². The number of rotatable bonds is 2. The van der Waals surface area contributed by atoms with Crippen LogP contribution in [0, 0.1) is 5.92 Å². The zero-order valence-electron chi connectivity index (χ0n) is 8.19. The number of hydrogen-bond donors (Lipinski definition) is 2. The van der Waals surface area contributed by atoms with Crippen molar-refractivity contribution in [1.29, 1.82) is 0 Å². The molecule has 1 saturated heterocycles. The van der Waals surface area contributed by atoms with Crippen LogP contribution in [0.4, 0.5) is 0 Å². The quantitative estimate of drug-likeness (QED) is 0.646. The standard InChI is InChI=1S/C10H20N2/c1-8(2)5-9-6-12-10(3-4-10)7-11-9/h8-9,11-12H,3-7H2,1-2H3/t9-/m1/s1. The largest absolute Gasteiger partial charge is 0.311 e. The van der Waals surface area contributed by atoms with E-state index in [1.165, 1.54) is 32.4 Å². The van der Waals surface area contributed by atoms with E-state index in [-0.39, 0.29) is 0 Å². The summed E-state index contributed by atoms with van der Waals surface area (Å²) in [5, 5.41) is 7.30. The van der Waals surface area contributed by atoms with Crippen LogP contribution in [0.25, 0.3) is 0 Å². The van der Waals surface area contributed by atoms with Gasteiger partial charge in [0, 0.05) is 24.7 Å². The molecule has 12 heavy (non-hydrogen) atoms. The molecule has 0 aromatic heterocycles. The van der Waals surface area contributed by atoms with Crippen LogP contribution in [0.2, 0.25) is 0 Å². The molecule has 2 aliphatic rings. The van der Waals surface area contributed by atoms with E-state index in [2.05, 4.69) is 24.5 Å². The second kappa shape index (κ2) is 3.00. The maximum atomic E-state index is 3.66. The van der Waals surface area contributed by atoms with Crippen LogP contribution in [0.1, 0.15) is 33.1 Å². The molecule has 1 spiro atoms. The van der Waals surface area contributed by atoms with Gasteiger partial charge >= 0.3 is 0 Å². The Bertz CT molecular complexity index is 151. The Morgan fingerprint density at radius 2 is 2.17 bits per heavy atom. The summed E-state index contributed by atoms with van der Waals surface area (Å²) < 4.78 is 0. The highest BCUT2D eigenvalue weighted by Crippen LogP contribution is 2.36. The molecule has 1 aliphatic carbocycles. The van der Waals surface area contributed by atoms with Crippen molar-refractivity contribution in [3.63, 3.8) is 0 Å². The summed E-state index contributed by atoms with van der Waals surface area (Å²) >= 11 is 0. The van der Waals surface area contributed by atoms with Crippen molar-refractivity contribution in [3.8, 4) is 0 Å². The minimum atomic E-state index is 0.535. The molecule has 2 nitrogen and oxygen atoms in total. The van der Waals surface area contributed by atoms with Crippen LogP contribution < -0.4 is 10.6 Å². The molecule has 70 valence electrons. The van der Waals surface area contributed by atoms with Crippen LogP contribution in [-0.2, 0) is 0 Å². The first-order valence-corrected chi connectivity index (χ1v) is 5.19. The zero-order valence-corrected chi connectivity index (χ0v) is 8.19. The lowest BCUT2D eigenvalue weighted by atomic mass is 10.0. The van der Waals surface area contributed by atoms with E-state index in [1.807, 2.05) is 0 Å². The minimum absolute atomic E-state index is 0.535. The molecule has 1 atom stereocenters. The molecule has 0 amide bonds. The fourth-order valence-corrected chi connectivity index (χ4v) is 2.05. The highest BCUT2D eigenvalue weighted by molar-refractivity contribution is 5.07. The fraction of sp³-hybridized carbons (Fsp3) is 1.00. The molecule has 0 aromatic carbocycles. The van der Waals surface area contributed by atoms with E-state index in [4.69, 9.17) is 0 Å². The van der Waals surface area contributed by atoms with Gasteiger partial charge in [-0.15, -0.1) is 0 Å². The predicted molar refractivity (Wildman–Crippen MR) is 51.2 cm³/mol. The maximum Gasteiger partial charge on any atom is 0.0308 e. The maximum absolute atomic E-state index is 3.66. The number of nitrogens with one attached hydrogen (secondary N) is 2. The van der Waals surface area contributed by atoms with Gasteiger partial charge in [-0.05, 0) is 25.2 Å². The van der Waals surface area contributed by atoms with Gasteiger partial charge in [0.05, 0.1) is 0 Å². The molecule has 2 N–H and O–H groups in total. The van der Waals surface area contributed by atoms with Gasteiger partial charge in [-0.2, -0.15) is 0 Å². The number of piperazine rings is 1. The van der Waals surface area contributed by atoms with Crippen molar-refractivity contribution in [2.75, 3.05) is 13.1 Å². The van der Waals surface area contributed by atoms with Crippen LogP contribution in [-0.4, -0.2) is 24.7 Å². The molecule has 0 unspecified atom stereocenters. The normalized spacial score (nSPS) is 32.8. The molecule has 1 aliphatic heterocycles. The first-order valence-electron chi connectivity index (χ1n) is 5.19. The van der Waals surface area contributed by atoms with Gasteiger partial charge < -0.3 is 10.6 Å². The lowest BCUT2D eigenvalue weighted by Crippen LogP contribution is -2.56. The SMILES string of the molecule is CC(C)C[C@@H]1CNC2(CC2)CN1. The Kier molecular flexibility index (Phi) is 2.13. The Balaban J connectivity index is 1.74. The molecule has 1 saturated carbocycles. The monoisotopic (exact) mass is 168 g/mol. The smallest absolute Gasteiger partial charge is 0.0308 e. The van der Waals surface area contributed by atoms with Crippen LogP contribution in [0.15, 0.2) is 0 Å². The van der Waals surface area contributed by atoms with E-state index >= 15 is 0 Å². The molecular weight excluding hydrogens is 148 g/mol. The van der Waals surface area contributed by atoms with Crippen molar-refractivity contribution in [1.82, 2.24) is 10.6 Å². The van der Waals surface area contributed by atoms with Crippen molar-refractivity contribution in [2.45, 2.75) is 44.7 Å². The molecule has 0 bridgehead atoms. The summed E-state index contributed by atoms with van der Waals surface area (Å²) in [6.07, 6.45) is 4.08. The highest BCUT2D eigenvalue weighted by atomic mass is 15.2. The molecule has 1 heterocycles. The van der Waals surface area contributed by atoms with Gasteiger partial charge in [0.25, 0.3) is 0 Å². The van der Waals surface area contributed by atoms with Crippen molar-refractivity contribution < 1.29 is 0 Å². The minimum Gasteiger partial charge on any atom is -0.311 e. The van der Waals surface area contributed by atoms with E-state index in [0.29, 0.717) is 5.54 Å². The molecule has 2 heteroatoms. The fourth-order valence-electron chi connectivity index (χ4n) is 2.05. The van der Waals surface area contributed by atoms with E-state index in [1.54, 1.807) is 0 Å². The summed E-state index contributed by atoms with van der Waals surface area (Å²) in [5.74, 6) is 0.817. The zero-order chi connectivity index (χ0) is 8.60. The van der Waals surface area contributed by atoms with E-state index in [0.717, 1.165) is 12.0 Å². The average Bonchev–Trinajstić information content (AvgIpc) is 2.75. The first kappa shape index (κ1) is 8.52. The lowest BCUT2D eigenvalue weighted by Gasteiger charge is -2.32. The molecule has 2 fully saturated rings. The third-order valence-electron chi connectivity index (χ3n) is 3.06. The summed E-state index contributed by atoms with van der Waals surface area (Å²) in [7, 11) is 0. The van der Waals surface area contributed by atoms with Gasteiger partial charge in [-0.1, -0.05) is 13.8 Å². The molecule has 0 radical (unpaired) electrons. The van der Waals surface area contributed by atoms with Gasteiger partial charge in [0.2, 0.25) is 0 Å². The van der Waals surface area contributed by atoms with Gasteiger partial charge in [0.1, 0.15) is 0 Å². The van der Waals surface area contributed by atoms with Crippen LogP contribution in [0.3, 0.4) is 0 Å². The van der Waals surface area contributed by atoms with E-state index in [9.17, 15) is 0 Å².